The van der Waals surface area contributed by atoms with Gasteiger partial charge in [-0.25, -0.2) is 4.79 Å². The fraction of sp³-hybridized carbons (Fsp3) is 0.308. The minimum Gasteiger partial charge on any atom is -0.491 e. The van der Waals surface area contributed by atoms with Crippen molar-refractivity contribution < 1.29 is 19.2 Å². The third-order valence-electron chi connectivity index (χ3n) is 3.12. The summed E-state index contributed by atoms with van der Waals surface area (Å²) in [5.41, 5.74) is 1.60. The second kappa shape index (κ2) is 4.84. The van der Waals surface area contributed by atoms with Crippen molar-refractivity contribution in [1.82, 2.24) is 15.5 Å². The van der Waals surface area contributed by atoms with Crippen molar-refractivity contribution in [3.8, 4) is 17.1 Å². The molecule has 20 heavy (non-hydrogen) atoms. The normalized spacial score (nSPS) is 16.6. The van der Waals surface area contributed by atoms with Gasteiger partial charge in [0.05, 0.1) is 6.04 Å². The largest absolute Gasteiger partial charge is 0.491 e. The van der Waals surface area contributed by atoms with Crippen LogP contribution in [0.5, 0.6) is 5.75 Å². The molecule has 1 aliphatic rings. The maximum absolute atomic E-state index is 10.7. The zero-order chi connectivity index (χ0) is 14.1. The van der Waals surface area contributed by atoms with E-state index in [1.54, 1.807) is 6.07 Å². The van der Waals surface area contributed by atoms with Crippen molar-refractivity contribution in [2.24, 2.45) is 0 Å². The second-order valence-electron chi connectivity index (χ2n) is 4.43. The molecule has 2 heterocycles. The molecule has 2 N–H and O–H groups in total. The van der Waals surface area contributed by atoms with Crippen molar-refractivity contribution in [3.63, 3.8) is 0 Å². The predicted molar refractivity (Wildman–Crippen MR) is 68.5 cm³/mol. The molecule has 3 rings (SSSR count). The Bertz CT molecular complexity index is 653. The molecule has 104 valence electrons. The number of nitrogens with one attached hydrogen (secondary N) is 1. The molecule has 0 saturated heterocycles. The third-order valence-corrected chi connectivity index (χ3v) is 3.12. The number of benzene rings is 1. The Balaban J connectivity index is 1.89. The van der Waals surface area contributed by atoms with E-state index in [4.69, 9.17) is 14.4 Å². The average Bonchev–Trinajstić information content (AvgIpc) is 3.05. The van der Waals surface area contributed by atoms with Gasteiger partial charge in [-0.05, 0) is 6.07 Å². The fourth-order valence-corrected chi connectivity index (χ4v) is 2.13. The van der Waals surface area contributed by atoms with E-state index in [0.717, 1.165) is 11.1 Å². The number of aromatic nitrogens is 2. The van der Waals surface area contributed by atoms with Crippen molar-refractivity contribution in [2.75, 3.05) is 6.61 Å². The molecule has 0 fully saturated rings. The van der Waals surface area contributed by atoms with E-state index < -0.39 is 6.09 Å². The highest BCUT2D eigenvalue weighted by Crippen LogP contribution is 2.35. The highest BCUT2D eigenvalue weighted by Gasteiger charge is 2.26. The van der Waals surface area contributed by atoms with Gasteiger partial charge in [0.25, 0.3) is 0 Å². The molecule has 0 radical (unpaired) electrons. The first-order valence-electron chi connectivity index (χ1n) is 6.26. The zero-order valence-corrected chi connectivity index (χ0v) is 10.8. The van der Waals surface area contributed by atoms with Gasteiger partial charge in [-0.1, -0.05) is 24.2 Å². The monoisotopic (exact) mass is 275 g/mol. The Hall–Kier alpha value is -2.57. The maximum atomic E-state index is 10.7. The second-order valence-corrected chi connectivity index (χ2v) is 4.43. The van der Waals surface area contributed by atoms with Gasteiger partial charge in [0.2, 0.25) is 11.7 Å². The van der Waals surface area contributed by atoms with Crippen LogP contribution < -0.4 is 10.1 Å². The number of rotatable bonds is 3. The van der Waals surface area contributed by atoms with E-state index in [-0.39, 0.29) is 12.6 Å². The average molecular weight is 275 g/mol. The van der Waals surface area contributed by atoms with Gasteiger partial charge >= 0.3 is 6.09 Å². The lowest BCUT2D eigenvalue weighted by atomic mass is 10.1. The Kier molecular flexibility index (Phi) is 3.02. The zero-order valence-electron chi connectivity index (χ0n) is 10.8. The molecular weight excluding hydrogens is 262 g/mol. The van der Waals surface area contributed by atoms with Gasteiger partial charge in [0, 0.05) is 17.5 Å². The van der Waals surface area contributed by atoms with Crippen molar-refractivity contribution in [2.45, 2.75) is 19.4 Å². The highest BCUT2D eigenvalue weighted by molar-refractivity contribution is 5.67. The summed E-state index contributed by atoms with van der Waals surface area (Å²) in [6.07, 6.45) is -0.389. The summed E-state index contributed by atoms with van der Waals surface area (Å²) in [5, 5.41) is 15.1. The lowest BCUT2D eigenvalue weighted by Crippen LogP contribution is -2.27. The first-order chi connectivity index (χ1) is 9.67. The Morgan fingerprint density at radius 1 is 1.55 bits per heavy atom. The molecule has 0 unspecified atom stereocenters. The molecule has 1 amide bonds. The summed E-state index contributed by atoms with van der Waals surface area (Å²) in [6.45, 7) is 2.23. The number of ether oxygens (including phenoxy) is 1. The van der Waals surface area contributed by atoms with Gasteiger partial charge in [-0.2, -0.15) is 4.98 Å². The first kappa shape index (κ1) is 12.5. The number of aryl methyl sites for hydroxylation is 1. The lowest BCUT2D eigenvalue weighted by molar-refractivity contribution is 0.186. The summed E-state index contributed by atoms with van der Waals surface area (Å²) in [4.78, 5) is 14.9. The fourth-order valence-electron chi connectivity index (χ4n) is 2.13. The van der Waals surface area contributed by atoms with E-state index >= 15 is 0 Å². The number of fused-ring (bicyclic) bond motifs is 1. The van der Waals surface area contributed by atoms with Crippen LogP contribution in [-0.2, 0) is 6.42 Å². The van der Waals surface area contributed by atoms with Gasteiger partial charge in [-0.15, -0.1) is 0 Å². The summed E-state index contributed by atoms with van der Waals surface area (Å²) < 4.78 is 10.6. The molecule has 1 aromatic carbocycles. The smallest absolute Gasteiger partial charge is 0.405 e. The van der Waals surface area contributed by atoms with Crippen LogP contribution in [0, 0.1) is 0 Å². The van der Waals surface area contributed by atoms with Gasteiger partial charge in [0.1, 0.15) is 12.4 Å². The van der Waals surface area contributed by atoms with E-state index in [9.17, 15) is 4.79 Å². The lowest BCUT2D eigenvalue weighted by Gasteiger charge is -2.07. The Morgan fingerprint density at radius 3 is 3.10 bits per heavy atom. The van der Waals surface area contributed by atoms with Crippen LogP contribution in [0.4, 0.5) is 4.79 Å². The highest BCUT2D eigenvalue weighted by atomic mass is 16.5. The predicted octanol–water partition coefficient (Wildman–Crippen LogP) is 2.00. The quantitative estimate of drug-likeness (QED) is 0.889. The number of carboxylic acid groups (broad SMARTS) is 1. The van der Waals surface area contributed by atoms with Crippen LogP contribution in [0.1, 0.15) is 24.4 Å². The summed E-state index contributed by atoms with van der Waals surface area (Å²) in [5.74, 6) is 1.72. The minimum atomic E-state index is -1.07. The number of hydrogen-bond donors (Lipinski definition) is 2. The standard InChI is InChI=1S/C13H13N3O4/c1-2-11-15-12(16-20-11)7-3-4-8-9(14-13(17)18)6-19-10(8)5-7/h3-5,9,14H,2,6H2,1H3,(H,17,18)/t9-/m1/s1. The van der Waals surface area contributed by atoms with Crippen LogP contribution in [-0.4, -0.2) is 27.9 Å². The van der Waals surface area contributed by atoms with Gasteiger partial charge < -0.3 is 19.7 Å². The maximum Gasteiger partial charge on any atom is 0.405 e. The van der Waals surface area contributed by atoms with Crippen molar-refractivity contribution >= 4 is 6.09 Å². The Labute approximate surface area is 114 Å². The van der Waals surface area contributed by atoms with E-state index in [1.165, 1.54) is 0 Å². The molecule has 0 bridgehead atoms. The van der Waals surface area contributed by atoms with Crippen LogP contribution >= 0.6 is 0 Å². The number of nitrogens with zero attached hydrogens (tertiary/aromatic N) is 2. The summed E-state index contributed by atoms with van der Waals surface area (Å²) >= 11 is 0. The number of hydrogen-bond acceptors (Lipinski definition) is 5. The van der Waals surface area contributed by atoms with E-state index in [2.05, 4.69) is 15.5 Å². The van der Waals surface area contributed by atoms with Crippen LogP contribution in [0.2, 0.25) is 0 Å². The molecule has 0 spiro atoms. The molecular formula is C13H13N3O4. The Morgan fingerprint density at radius 2 is 2.40 bits per heavy atom. The van der Waals surface area contributed by atoms with E-state index in [0.29, 0.717) is 23.9 Å². The molecule has 1 atom stereocenters. The SMILES string of the molecule is CCc1nc(-c2ccc3c(c2)OC[C@H]3NC(=O)O)no1. The minimum absolute atomic E-state index is 0.289. The molecule has 7 nitrogen and oxygen atoms in total. The first-order valence-corrected chi connectivity index (χ1v) is 6.26. The molecule has 7 heteroatoms. The topological polar surface area (TPSA) is 97.5 Å². The van der Waals surface area contributed by atoms with Gasteiger partial charge in [0.15, 0.2) is 0 Å². The van der Waals surface area contributed by atoms with Gasteiger partial charge in [-0.3, -0.25) is 0 Å². The summed E-state index contributed by atoms with van der Waals surface area (Å²) in [6, 6.07) is 5.10. The van der Waals surface area contributed by atoms with Crippen LogP contribution in [0.25, 0.3) is 11.4 Å². The molecule has 1 aliphatic heterocycles. The summed E-state index contributed by atoms with van der Waals surface area (Å²) in [7, 11) is 0. The van der Waals surface area contributed by atoms with Crippen molar-refractivity contribution in [1.29, 1.82) is 0 Å². The molecule has 0 saturated carbocycles. The third kappa shape index (κ3) is 2.18. The number of carbonyl (C=O) groups is 1. The number of amides is 1. The molecule has 1 aromatic heterocycles. The van der Waals surface area contributed by atoms with E-state index in [1.807, 2.05) is 19.1 Å². The molecule has 2 aromatic rings. The van der Waals surface area contributed by atoms with Crippen LogP contribution in [0.3, 0.4) is 0 Å². The molecule has 0 aliphatic carbocycles. The van der Waals surface area contributed by atoms with Crippen molar-refractivity contribution in [3.05, 3.63) is 29.7 Å². The van der Waals surface area contributed by atoms with Crippen LogP contribution in [0.15, 0.2) is 22.7 Å².